The highest BCUT2D eigenvalue weighted by Gasteiger charge is 2.42. The molecule has 6 heteroatoms. The molecule has 2 unspecified atom stereocenters. The summed E-state index contributed by atoms with van der Waals surface area (Å²) in [5.74, 6) is -0.314. The highest BCUT2D eigenvalue weighted by Crippen LogP contribution is 2.28. The maximum Gasteiger partial charge on any atom is 0.308 e. The number of ether oxygens (including phenoxy) is 3. The van der Waals surface area contributed by atoms with E-state index in [2.05, 4.69) is 4.74 Å². The molecule has 2 aliphatic heterocycles. The number of carbonyl (C=O) groups excluding carboxylic acids is 2. The van der Waals surface area contributed by atoms with Crippen LogP contribution in [0.25, 0.3) is 0 Å². The van der Waals surface area contributed by atoms with Crippen molar-refractivity contribution in [2.75, 3.05) is 33.4 Å². The maximum atomic E-state index is 12.5. The van der Waals surface area contributed by atoms with E-state index >= 15 is 0 Å². The number of hydrogen-bond acceptors (Lipinski definition) is 5. The second kappa shape index (κ2) is 5.88. The van der Waals surface area contributed by atoms with E-state index < -0.39 is 5.60 Å². The number of methoxy groups -OCH3 is 1. The number of hydrogen-bond donors (Lipinski definition) is 0. The Morgan fingerprint density at radius 2 is 2.21 bits per heavy atom. The topological polar surface area (TPSA) is 65.1 Å². The molecule has 0 radical (unpaired) electrons. The third kappa shape index (κ3) is 3.25. The monoisotopic (exact) mass is 271 g/mol. The lowest BCUT2D eigenvalue weighted by molar-refractivity contribution is -0.161. The van der Waals surface area contributed by atoms with Crippen molar-refractivity contribution in [3.8, 4) is 0 Å². The van der Waals surface area contributed by atoms with Crippen LogP contribution < -0.4 is 0 Å². The van der Waals surface area contributed by atoms with Crippen LogP contribution in [0.1, 0.15) is 26.2 Å². The van der Waals surface area contributed by atoms with Crippen LogP contribution in [-0.2, 0) is 23.8 Å². The lowest BCUT2D eigenvalue weighted by Crippen LogP contribution is -2.53. The lowest BCUT2D eigenvalue weighted by Gasteiger charge is -2.36. The predicted molar refractivity (Wildman–Crippen MR) is 66.5 cm³/mol. The van der Waals surface area contributed by atoms with Gasteiger partial charge in [0.05, 0.1) is 26.2 Å². The van der Waals surface area contributed by atoms with E-state index in [0.717, 1.165) is 12.8 Å². The zero-order chi connectivity index (χ0) is 13.9. The Kier molecular flexibility index (Phi) is 4.42. The van der Waals surface area contributed by atoms with Gasteiger partial charge < -0.3 is 19.1 Å². The van der Waals surface area contributed by atoms with Gasteiger partial charge in [0.15, 0.2) is 0 Å². The third-order valence-electron chi connectivity index (χ3n) is 3.72. The van der Waals surface area contributed by atoms with E-state index in [-0.39, 0.29) is 24.4 Å². The minimum absolute atomic E-state index is 0.00293. The molecule has 0 saturated carbocycles. The van der Waals surface area contributed by atoms with Crippen LogP contribution in [-0.4, -0.2) is 61.9 Å². The molecule has 19 heavy (non-hydrogen) atoms. The number of morpholine rings is 1. The third-order valence-corrected chi connectivity index (χ3v) is 3.72. The maximum absolute atomic E-state index is 12.5. The average Bonchev–Trinajstić information content (AvgIpc) is 2.86. The minimum Gasteiger partial charge on any atom is -0.469 e. The van der Waals surface area contributed by atoms with Crippen molar-refractivity contribution in [2.24, 2.45) is 0 Å². The van der Waals surface area contributed by atoms with Gasteiger partial charge in [0.1, 0.15) is 5.60 Å². The highest BCUT2D eigenvalue weighted by atomic mass is 16.5. The predicted octanol–water partition coefficient (Wildman–Crippen LogP) is 0.346. The van der Waals surface area contributed by atoms with Crippen molar-refractivity contribution in [1.29, 1.82) is 0 Å². The summed E-state index contributed by atoms with van der Waals surface area (Å²) in [5.41, 5.74) is -0.701. The molecule has 2 aliphatic rings. The number of esters is 1. The molecule has 0 aromatic carbocycles. The fourth-order valence-corrected chi connectivity index (χ4v) is 2.58. The normalized spacial score (nSPS) is 31.3. The number of amides is 1. The van der Waals surface area contributed by atoms with Crippen molar-refractivity contribution in [1.82, 2.24) is 4.90 Å². The van der Waals surface area contributed by atoms with Crippen LogP contribution in [0.2, 0.25) is 0 Å². The van der Waals surface area contributed by atoms with E-state index in [0.29, 0.717) is 26.3 Å². The van der Waals surface area contributed by atoms with Crippen LogP contribution >= 0.6 is 0 Å². The lowest BCUT2D eigenvalue weighted by atomic mass is 10.0. The smallest absolute Gasteiger partial charge is 0.308 e. The molecule has 2 heterocycles. The SMILES string of the molecule is COC(=O)CC1CN(C(=O)C2(C)CCCO2)CCO1. The fourth-order valence-electron chi connectivity index (χ4n) is 2.58. The Bertz CT molecular complexity index is 351. The summed E-state index contributed by atoms with van der Waals surface area (Å²) in [6.45, 7) is 3.90. The molecule has 0 spiro atoms. The van der Waals surface area contributed by atoms with Gasteiger partial charge in [-0.1, -0.05) is 0 Å². The van der Waals surface area contributed by atoms with Gasteiger partial charge in [0, 0.05) is 19.7 Å². The molecule has 2 atom stereocenters. The molecule has 0 N–H and O–H groups in total. The van der Waals surface area contributed by atoms with Crippen LogP contribution in [0.5, 0.6) is 0 Å². The summed E-state index contributed by atoms with van der Waals surface area (Å²) in [7, 11) is 1.35. The van der Waals surface area contributed by atoms with E-state index in [1.807, 2.05) is 6.92 Å². The Morgan fingerprint density at radius 1 is 1.42 bits per heavy atom. The van der Waals surface area contributed by atoms with E-state index in [9.17, 15) is 9.59 Å². The number of nitrogens with zero attached hydrogens (tertiary/aromatic N) is 1. The zero-order valence-electron chi connectivity index (χ0n) is 11.5. The first-order chi connectivity index (χ1) is 9.05. The molecule has 0 aromatic heterocycles. The Morgan fingerprint density at radius 3 is 2.84 bits per heavy atom. The molecule has 6 nitrogen and oxygen atoms in total. The molecule has 1 amide bonds. The van der Waals surface area contributed by atoms with Crippen LogP contribution in [0.4, 0.5) is 0 Å². The molecule has 0 bridgehead atoms. The van der Waals surface area contributed by atoms with Crippen molar-refractivity contribution < 1.29 is 23.8 Å². The summed E-state index contributed by atoms with van der Waals surface area (Å²) in [5, 5.41) is 0. The van der Waals surface area contributed by atoms with Crippen LogP contribution in [0.3, 0.4) is 0 Å². The second-order valence-corrected chi connectivity index (χ2v) is 5.21. The Labute approximate surface area is 113 Å². The largest absolute Gasteiger partial charge is 0.469 e. The van der Waals surface area contributed by atoms with Gasteiger partial charge in [0.25, 0.3) is 5.91 Å². The van der Waals surface area contributed by atoms with Crippen molar-refractivity contribution in [2.45, 2.75) is 37.9 Å². The first-order valence-electron chi connectivity index (χ1n) is 6.67. The van der Waals surface area contributed by atoms with Gasteiger partial charge in [-0.3, -0.25) is 9.59 Å². The van der Waals surface area contributed by atoms with Crippen LogP contribution in [0.15, 0.2) is 0 Å². The Balaban J connectivity index is 1.93. The quantitative estimate of drug-likeness (QED) is 0.693. The van der Waals surface area contributed by atoms with Crippen molar-refractivity contribution in [3.05, 3.63) is 0 Å². The van der Waals surface area contributed by atoms with Crippen LogP contribution in [0, 0.1) is 0 Å². The molecule has 108 valence electrons. The summed E-state index contributed by atoms with van der Waals surface area (Å²) in [4.78, 5) is 25.4. The van der Waals surface area contributed by atoms with Crippen molar-refractivity contribution >= 4 is 11.9 Å². The molecule has 2 saturated heterocycles. The Hall–Kier alpha value is -1.14. The molecular formula is C13H21NO5. The van der Waals surface area contributed by atoms with Gasteiger partial charge in [0.2, 0.25) is 0 Å². The molecule has 2 rings (SSSR count). The molecular weight excluding hydrogens is 250 g/mol. The fraction of sp³-hybridized carbons (Fsp3) is 0.846. The van der Waals surface area contributed by atoms with E-state index in [1.165, 1.54) is 7.11 Å². The van der Waals surface area contributed by atoms with Gasteiger partial charge in [-0.05, 0) is 19.8 Å². The van der Waals surface area contributed by atoms with Crippen molar-refractivity contribution in [3.63, 3.8) is 0 Å². The summed E-state index contributed by atoms with van der Waals surface area (Å²) < 4.78 is 15.7. The minimum atomic E-state index is -0.701. The average molecular weight is 271 g/mol. The zero-order valence-corrected chi connectivity index (χ0v) is 11.5. The highest BCUT2D eigenvalue weighted by molar-refractivity contribution is 5.85. The first-order valence-corrected chi connectivity index (χ1v) is 6.67. The summed E-state index contributed by atoms with van der Waals surface area (Å²) >= 11 is 0. The molecule has 0 aliphatic carbocycles. The molecule has 0 aromatic rings. The number of carbonyl (C=O) groups is 2. The molecule has 2 fully saturated rings. The van der Waals surface area contributed by atoms with Gasteiger partial charge in [-0.15, -0.1) is 0 Å². The van der Waals surface area contributed by atoms with E-state index in [4.69, 9.17) is 9.47 Å². The summed E-state index contributed by atoms with van der Waals surface area (Å²) in [6, 6.07) is 0. The second-order valence-electron chi connectivity index (χ2n) is 5.21. The van der Waals surface area contributed by atoms with E-state index in [1.54, 1.807) is 4.90 Å². The standard InChI is InChI=1S/C13H21NO5/c1-13(4-3-6-19-13)12(16)14-5-7-18-10(9-14)8-11(15)17-2/h10H,3-9H2,1-2H3. The van der Waals surface area contributed by atoms with Gasteiger partial charge >= 0.3 is 5.97 Å². The van der Waals surface area contributed by atoms with Gasteiger partial charge in [-0.25, -0.2) is 0 Å². The summed E-state index contributed by atoms with van der Waals surface area (Å²) in [6.07, 6.45) is 1.57. The number of rotatable bonds is 3. The van der Waals surface area contributed by atoms with Gasteiger partial charge in [-0.2, -0.15) is 0 Å². The first kappa shape index (κ1) is 14.3.